The molecule has 7 nitrogen and oxygen atoms in total. The van der Waals surface area contributed by atoms with Gasteiger partial charge in [0.15, 0.2) is 0 Å². The van der Waals surface area contributed by atoms with E-state index in [1.807, 2.05) is 20.0 Å². The van der Waals surface area contributed by atoms with Crippen molar-refractivity contribution in [1.82, 2.24) is 9.97 Å². The number of nitrogens with zero attached hydrogens (tertiary/aromatic N) is 4. The highest BCUT2D eigenvalue weighted by Crippen LogP contribution is 2.32. The van der Waals surface area contributed by atoms with E-state index in [2.05, 4.69) is 75.6 Å². The lowest BCUT2D eigenvalue weighted by Gasteiger charge is -2.24. The summed E-state index contributed by atoms with van der Waals surface area (Å²) < 4.78 is 12.0. The van der Waals surface area contributed by atoms with Gasteiger partial charge in [0.25, 0.3) is 0 Å². The largest absolute Gasteiger partial charge is 0.488 e. The minimum Gasteiger partial charge on any atom is -0.488 e. The third kappa shape index (κ3) is 8.35. The molecule has 1 aliphatic rings. The number of aromatic nitrogens is 2. The van der Waals surface area contributed by atoms with E-state index in [0.717, 1.165) is 71.6 Å². The smallest absolute Gasteiger partial charge is 0.146 e. The number of unbranched alkanes of at least 4 members (excludes halogenated alkanes) is 1. The summed E-state index contributed by atoms with van der Waals surface area (Å²) in [6.07, 6.45) is 17.1. The van der Waals surface area contributed by atoms with Gasteiger partial charge in [-0.05, 0) is 49.6 Å². The van der Waals surface area contributed by atoms with Crippen molar-refractivity contribution in [1.29, 1.82) is 0 Å². The summed E-state index contributed by atoms with van der Waals surface area (Å²) in [5.74, 6) is 1.53. The van der Waals surface area contributed by atoms with Crippen LogP contribution < -0.4 is 10.1 Å². The van der Waals surface area contributed by atoms with Crippen LogP contribution in [-0.2, 0) is 4.74 Å². The van der Waals surface area contributed by atoms with Crippen molar-refractivity contribution >= 4 is 28.1 Å². The van der Waals surface area contributed by atoms with E-state index in [0.29, 0.717) is 19.8 Å². The van der Waals surface area contributed by atoms with Crippen molar-refractivity contribution in [2.75, 3.05) is 39.2 Å². The Morgan fingerprint density at radius 1 is 1.11 bits per heavy atom. The van der Waals surface area contributed by atoms with Crippen LogP contribution in [-0.4, -0.2) is 61.3 Å². The molecule has 1 N–H and O–H groups in total. The van der Waals surface area contributed by atoms with E-state index in [-0.39, 0.29) is 6.10 Å². The van der Waals surface area contributed by atoms with E-state index in [4.69, 9.17) is 9.47 Å². The number of fused-ring (bicyclic) bond motifs is 1. The number of hydrogen-bond acceptors (Lipinski definition) is 7. The Morgan fingerprint density at radius 3 is 2.62 bits per heavy atom. The molecule has 0 aliphatic carbocycles. The number of rotatable bonds is 12. The summed E-state index contributed by atoms with van der Waals surface area (Å²) in [6.45, 7) is 8.37. The van der Waals surface area contributed by atoms with E-state index >= 15 is 0 Å². The highest BCUT2D eigenvalue weighted by molar-refractivity contribution is 6.11. The summed E-state index contributed by atoms with van der Waals surface area (Å²) in [6, 6.07) is 4.17. The molecule has 1 fully saturated rings. The van der Waals surface area contributed by atoms with Gasteiger partial charge < -0.3 is 14.8 Å². The van der Waals surface area contributed by atoms with Gasteiger partial charge in [-0.1, -0.05) is 38.5 Å². The second-order valence-corrected chi connectivity index (χ2v) is 9.06. The van der Waals surface area contributed by atoms with E-state index < -0.39 is 0 Å². The lowest BCUT2D eigenvalue weighted by atomic mass is 10.0. The molecule has 0 unspecified atom stereocenters. The average molecular weight is 504 g/mol. The Labute approximate surface area is 221 Å². The Kier molecular flexibility index (Phi) is 11.5. The van der Waals surface area contributed by atoms with Gasteiger partial charge in [0.1, 0.15) is 29.5 Å². The number of benzene rings is 1. The van der Waals surface area contributed by atoms with Crippen LogP contribution in [0.2, 0.25) is 0 Å². The van der Waals surface area contributed by atoms with Crippen LogP contribution in [0.15, 0.2) is 64.4 Å². The van der Waals surface area contributed by atoms with Crippen molar-refractivity contribution in [3.63, 3.8) is 0 Å². The Bertz CT molecular complexity index is 1170. The van der Waals surface area contributed by atoms with Crippen molar-refractivity contribution in [3.05, 3.63) is 60.0 Å². The molecule has 2 heterocycles. The molecule has 37 heavy (non-hydrogen) atoms. The van der Waals surface area contributed by atoms with Gasteiger partial charge in [0.05, 0.1) is 18.9 Å². The minimum absolute atomic E-state index is 0.101. The van der Waals surface area contributed by atoms with Gasteiger partial charge in [0.2, 0.25) is 0 Å². The zero-order valence-electron chi connectivity index (χ0n) is 23.0. The Balaban J connectivity index is 2.01. The summed E-state index contributed by atoms with van der Waals surface area (Å²) in [7, 11) is 3.63. The number of ether oxygens (including phenoxy) is 2. The highest BCUT2D eigenvalue weighted by atomic mass is 16.5. The molecule has 0 amide bonds. The zero-order chi connectivity index (χ0) is 26.5. The van der Waals surface area contributed by atoms with Crippen LogP contribution in [0.1, 0.15) is 58.4 Å². The van der Waals surface area contributed by atoms with E-state index in [9.17, 15) is 0 Å². The second kappa shape index (κ2) is 15.1. The lowest BCUT2D eigenvalue weighted by Crippen LogP contribution is -2.26. The summed E-state index contributed by atoms with van der Waals surface area (Å²) in [5, 5.41) is 4.45. The molecule has 1 saturated heterocycles. The SMILES string of the molecule is CC/C=C(/C=C\C(C)=N/C)CNc1ncnc2c(OC3CCOCC3)cc(C(/C=C\CCC)=N/C)cc12. The number of nitrogens with one attached hydrogen (secondary N) is 1. The van der Waals surface area contributed by atoms with Crippen molar-refractivity contribution in [3.8, 4) is 5.75 Å². The molecule has 1 aliphatic heterocycles. The first-order valence-electron chi connectivity index (χ1n) is 13.3. The molecule has 0 atom stereocenters. The molecule has 0 saturated carbocycles. The van der Waals surface area contributed by atoms with E-state index in [1.54, 1.807) is 13.4 Å². The van der Waals surface area contributed by atoms with Crippen LogP contribution in [0.25, 0.3) is 10.9 Å². The summed E-state index contributed by atoms with van der Waals surface area (Å²) in [5.41, 5.74) is 4.85. The normalized spacial score (nSPS) is 16.3. The maximum absolute atomic E-state index is 6.51. The van der Waals surface area contributed by atoms with Gasteiger partial charge >= 0.3 is 0 Å². The fourth-order valence-electron chi connectivity index (χ4n) is 4.10. The molecule has 7 heteroatoms. The quantitative estimate of drug-likeness (QED) is 0.269. The maximum Gasteiger partial charge on any atom is 0.146 e. The maximum atomic E-state index is 6.51. The molecular weight excluding hydrogens is 462 g/mol. The van der Waals surface area contributed by atoms with Gasteiger partial charge in [-0.2, -0.15) is 0 Å². The van der Waals surface area contributed by atoms with Crippen molar-refractivity contribution < 1.29 is 9.47 Å². The average Bonchev–Trinajstić information content (AvgIpc) is 2.93. The fraction of sp³-hybridized carbons (Fsp3) is 0.467. The highest BCUT2D eigenvalue weighted by Gasteiger charge is 2.19. The fourth-order valence-corrected chi connectivity index (χ4v) is 4.10. The number of hydrogen-bond donors (Lipinski definition) is 1. The first-order valence-corrected chi connectivity index (χ1v) is 13.3. The molecular formula is C30H41N5O2. The second-order valence-electron chi connectivity index (χ2n) is 9.06. The third-order valence-corrected chi connectivity index (χ3v) is 6.25. The van der Waals surface area contributed by atoms with Gasteiger partial charge in [0, 0.05) is 50.1 Å². The van der Waals surface area contributed by atoms with Gasteiger partial charge in [-0.25, -0.2) is 9.97 Å². The van der Waals surface area contributed by atoms with Crippen molar-refractivity contribution in [2.24, 2.45) is 9.98 Å². The molecule has 0 bridgehead atoms. The monoisotopic (exact) mass is 503 g/mol. The summed E-state index contributed by atoms with van der Waals surface area (Å²) >= 11 is 0. The minimum atomic E-state index is 0.101. The standard InChI is InChI=1S/C30H41N5O2/c1-6-8-9-11-27(32-5)24-18-26-29(28(19-24)37-25-14-16-36-17-15-25)34-21-35-30(26)33-20-23(10-7-2)13-12-22(3)31-4/h9-13,18-19,21,25H,6-8,14-17,20H2,1-5H3,(H,33,34,35)/b11-9-,13-12-,23-10-,31-22-,32-27+. The van der Waals surface area contributed by atoms with Gasteiger partial charge in [-0.3, -0.25) is 9.98 Å². The molecule has 0 spiro atoms. The van der Waals surface area contributed by atoms with Crippen LogP contribution in [0.5, 0.6) is 5.75 Å². The topological polar surface area (TPSA) is 81.0 Å². The van der Waals surface area contributed by atoms with Crippen LogP contribution in [0.3, 0.4) is 0 Å². The number of allylic oxidation sites excluding steroid dienone is 4. The van der Waals surface area contributed by atoms with Crippen LogP contribution in [0, 0.1) is 0 Å². The Morgan fingerprint density at radius 2 is 1.92 bits per heavy atom. The number of anilines is 1. The van der Waals surface area contributed by atoms with Crippen LogP contribution >= 0.6 is 0 Å². The summed E-state index contributed by atoms with van der Waals surface area (Å²) in [4.78, 5) is 18.0. The van der Waals surface area contributed by atoms with Crippen LogP contribution in [0.4, 0.5) is 5.82 Å². The first kappa shape index (κ1) is 28.3. The predicted octanol–water partition coefficient (Wildman–Crippen LogP) is 6.36. The van der Waals surface area contributed by atoms with E-state index in [1.165, 1.54) is 5.57 Å². The first-order chi connectivity index (χ1) is 18.1. The molecule has 3 rings (SSSR count). The predicted molar refractivity (Wildman–Crippen MR) is 156 cm³/mol. The molecule has 2 aromatic rings. The number of aliphatic imine (C=N–C) groups is 2. The zero-order valence-corrected chi connectivity index (χ0v) is 23.0. The van der Waals surface area contributed by atoms with Crippen molar-refractivity contribution in [2.45, 2.75) is 59.0 Å². The van der Waals surface area contributed by atoms with Gasteiger partial charge in [-0.15, -0.1) is 0 Å². The Hall–Kier alpha value is -3.32. The molecule has 198 valence electrons. The molecule has 1 aromatic carbocycles. The lowest BCUT2D eigenvalue weighted by molar-refractivity contribution is 0.0261. The molecule has 1 aromatic heterocycles. The molecule has 0 radical (unpaired) electrons. The third-order valence-electron chi connectivity index (χ3n) is 6.25.